The second-order valence-corrected chi connectivity index (χ2v) is 22.4. The fraction of sp³-hybridized carbons (Fsp3) is 0.841. The van der Waals surface area contributed by atoms with Gasteiger partial charge in [-0.3, -0.25) is 14.4 Å². The molecule has 0 aliphatic heterocycles. The van der Waals surface area contributed by atoms with E-state index >= 15 is 0 Å². The van der Waals surface area contributed by atoms with Crippen molar-refractivity contribution >= 4 is 17.9 Å². The zero-order valence-electron chi connectivity index (χ0n) is 50.3. The van der Waals surface area contributed by atoms with Crippen molar-refractivity contribution in [3.8, 4) is 0 Å². The van der Waals surface area contributed by atoms with Crippen LogP contribution in [0.3, 0.4) is 0 Å². The van der Waals surface area contributed by atoms with Crippen molar-refractivity contribution in [2.75, 3.05) is 13.2 Å². The van der Waals surface area contributed by atoms with Gasteiger partial charge in [-0.15, -0.1) is 0 Å². The van der Waals surface area contributed by atoms with Crippen molar-refractivity contribution < 1.29 is 28.6 Å². The number of unbranched alkanes of at least 4 members (excludes halogenated alkanes) is 42. The van der Waals surface area contributed by atoms with Crippen molar-refractivity contribution in [1.82, 2.24) is 0 Å². The predicted octanol–water partition coefficient (Wildman–Crippen LogP) is 22.6. The molecule has 0 aliphatic carbocycles. The minimum Gasteiger partial charge on any atom is -0.462 e. The van der Waals surface area contributed by atoms with Crippen LogP contribution in [0.5, 0.6) is 0 Å². The molecule has 0 aromatic carbocycles. The van der Waals surface area contributed by atoms with E-state index in [-0.39, 0.29) is 31.1 Å². The van der Waals surface area contributed by atoms with Crippen LogP contribution in [-0.4, -0.2) is 37.2 Å². The monoisotopic (exact) mass is 1050 g/mol. The fourth-order valence-corrected chi connectivity index (χ4v) is 9.76. The van der Waals surface area contributed by atoms with Gasteiger partial charge in [0, 0.05) is 19.3 Å². The molecule has 1 atom stereocenters. The second kappa shape index (κ2) is 63.9. The molecule has 0 radical (unpaired) electrons. The molecule has 0 spiro atoms. The van der Waals surface area contributed by atoms with Crippen LogP contribution in [0.1, 0.15) is 355 Å². The summed E-state index contributed by atoms with van der Waals surface area (Å²) in [6.07, 6.45) is 79.9. The minimum absolute atomic E-state index is 0.0757. The number of rotatable bonds is 61. The molecule has 0 rings (SSSR count). The van der Waals surface area contributed by atoms with Gasteiger partial charge in [-0.25, -0.2) is 0 Å². The Morgan fingerprint density at radius 3 is 0.747 bits per heavy atom. The van der Waals surface area contributed by atoms with Crippen LogP contribution in [-0.2, 0) is 28.6 Å². The minimum atomic E-state index is -0.779. The lowest BCUT2D eigenvalue weighted by molar-refractivity contribution is -0.167. The van der Waals surface area contributed by atoms with Gasteiger partial charge in [-0.1, -0.05) is 281 Å². The van der Waals surface area contributed by atoms with Gasteiger partial charge in [0.1, 0.15) is 13.2 Å². The van der Waals surface area contributed by atoms with Crippen molar-refractivity contribution in [3.63, 3.8) is 0 Å². The smallest absolute Gasteiger partial charge is 0.306 e. The van der Waals surface area contributed by atoms with Crippen LogP contribution in [0.25, 0.3) is 0 Å². The van der Waals surface area contributed by atoms with E-state index in [4.69, 9.17) is 14.2 Å². The van der Waals surface area contributed by atoms with Crippen molar-refractivity contribution in [2.45, 2.75) is 361 Å². The van der Waals surface area contributed by atoms with E-state index < -0.39 is 6.10 Å². The summed E-state index contributed by atoms with van der Waals surface area (Å²) >= 11 is 0. The first kappa shape index (κ1) is 72.4. The highest BCUT2D eigenvalue weighted by Crippen LogP contribution is 2.17. The third kappa shape index (κ3) is 62.1. The lowest BCUT2D eigenvalue weighted by atomic mass is 10.0. The Labute approximate surface area is 467 Å². The normalized spacial score (nSPS) is 12.3. The molecule has 0 aliphatic rings. The first-order valence-corrected chi connectivity index (χ1v) is 33.1. The van der Waals surface area contributed by atoms with Gasteiger partial charge < -0.3 is 14.2 Å². The van der Waals surface area contributed by atoms with Crippen molar-refractivity contribution in [2.24, 2.45) is 0 Å². The molecule has 0 aromatic rings. The Bertz CT molecular complexity index is 1300. The fourth-order valence-electron chi connectivity index (χ4n) is 9.76. The molecule has 75 heavy (non-hydrogen) atoms. The topological polar surface area (TPSA) is 78.9 Å². The van der Waals surface area contributed by atoms with E-state index in [1.807, 2.05) is 0 Å². The van der Waals surface area contributed by atoms with Crippen LogP contribution in [0, 0.1) is 0 Å². The lowest BCUT2D eigenvalue weighted by Gasteiger charge is -2.18. The molecule has 0 bridgehead atoms. The summed E-state index contributed by atoms with van der Waals surface area (Å²) in [5.41, 5.74) is 0. The largest absolute Gasteiger partial charge is 0.462 e. The highest BCUT2D eigenvalue weighted by atomic mass is 16.6. The Kier molecular flexibility index (Phi) is 61.7. The Balaban J connectivity index is 4.18. The van der Waals surface area contributed by atoms with E-state index in [1.165, 1.54) is 238 Å². The average Bonchev–Trinajstić information content (AvgIpc) is 3.41. The van der Waals surface area contributed by atoms with Gasteiger partial charge in [0.15, 0.2) is 6.10 Å². The maximum atomic E-state index is 12.9. The lowest BCUT2D eigenvalue weighted by Crippen LogP contribution is -2.30. The van der Waals surface area contributed by atoms with E-state index in [0.29, 0.717) is 19.3 Å². The molecule has 0 fully saturated rings. The maximum absolute atomic E-state index is 12.9. The van der Waals surface area contributed by atoms with Crippen LogP contribution in [0.2, 0.25) is 0 Å². The SMILES string of the molecule is CCCCCCC/C=C\C/C=C\CCCCCCCCCCCCCCCCCCCC(=O)OCC(COC(=O)CCCCCCC/C=C\CCCCCCC)OC(=O)CCCCCCC/C=C\CCCCCCC. The second-order valence-electron chi connectivity index (χ2n) is 22.4. The highest BCUT2D eigenvalue weighted by Gasteiger charge is 2.19. The van der Waals surface area contributed by atoms with Crippen molar-refractivity contribution in [1.29, 1.82) is 0 Å². The van der Waals surface area contributed by atoms with Crippen molar-refractivity contribution in [3.05, 3.63) is 48.6 Å². The summed E-state index contributed by atoms with van der Waals surface area (Å²) in [5, 5.41) is 0. The maximum Gasteiger partial charge on any atom is 0.306 e. The molecule has 0 N–H and O–H groups in total. The molecule has 0 saturated heterocycles. The molecule has 0 amide bonds. The standard InChI is InChI=1S/C69H126O6/c1-4-7-10-13-16-19-22-25-28-29-30-31-32-33-34-35-36-37-38-39-40-41-42-45-47-50-53-56-59-62-68(71)74-65-66(75-69(72)63-60-57-54-51-48-44-27-24-21-18-15-12-9-6-3)64-73-67(70)61-58-55-52-49-46-43-26-23-20-17-14-11-8-5-2/h22-27,29-30,66H,4-21,28,31-65H2,1-3H3/b25-22-,26-23-,27-24-,30-29-. The van der Waals surface area contributed by atoms with Crippen LogP contribution < -0.4 is 0 Å². The van der Waals surface area contributed by atoms with Gasteiger partial charge >= 0.3 is 17.9 Å². The van der Waals surface area contributed by atoms with E-state index in [1.54, 1.807) is 0 Å². The summed E-state index contributed by atoms with van der Waals surface area (Å²) in [6, 6.07) is 0. The van der Waals surface area contributed by atoms with Gasteiger partial charge in [-0.05, 0) is 103 Å². The van der Waals surface area contributed by atoms with Gasteiger partial charge in [-0.2, -0.15) is 0 Å². The summed E-state index contributed by atoms with van der Waals surface area (Å²) in [7, 11) is 0. The third-order valence-corrected chi connectivity index (χ3v) is 14.8. The highest BCUT2D eigenvalue weighted by molar-refractivity contribution is 5.71. The number of carbonyl (C=O) groups excluding carboxylic acids is 3. The van der Waals surface area contributed by atoms with Gasteiger partial charge in [0.05, 0.1) is 0 Å². The Morgan fingerprint density at radius 2 is 0.480 bits per heavy atom. The van der Waals surface area contributed by atoms with Gasteiger partial charge in [0.2, 0.25) is 0 Å². The first-order valence-electron chi connectivity index (χ1n) is 33.1. The Hall–Kier alpha value is -2.63. The zero-order valence-corrected chi connectivity index (χ0v) is 50.3. The summed E-state index contributed by atoms with van der Waals surface area (Å²) < 4.78 is 16.9. The van der Waals surface area contributed by atoms with Gasteiger partial charge in [0.25, 0.3) is 0 Å². The molecular weight excluding hydrogens is 925 g/mol. The van der Waals surface area contributed by atoms with Crippen LogP contribution in [0.4, 0.5) is 0 Å². The number of carbonyl (C=O) groups is 3. The van der Waals surface area contributed by atoms with E-state index in [0.717, 1.165) is 77.0 Å². The molecule has 0 saturated carbocycles. The molecule has 0 heterocycles. The first-order chi connectivity index (χ1) is 37.0. The Morgan fingerprint density at radius 1 is 0.267 bits per heavy atom. The molecule has 0 aromatic heterocycles. The molecule has 6 nitrogen and oxygen atoms in total. The average molecular weight is 1050 g/mol. The summed E-state index contributed by atoms with van der Waals surface area (Å²) in [5.74, 6) is -0.874. The predicted molar refractivity (Wildman–Crippen MR) is 325 cm³/mol. The third-order valence-electron chi connectivity index (χ3n) is 14.8. The number of esters is 3. The number of allylic oxidation sites excluding steroid dienone is 8. The van der Waals surface area contributed by atoms with Crippen LogP contribution >= 0.6 is 0 Å². The van der Waals surface area contributed by atoms with E-state index in [9.17, 15) is 14.4 Å². The summed E-state index contributed by atoms with van der Waals surface area (Å²) in [4.78, 5) is 38.3. The molecular formula is C69H126O6. The zero-order chi connectivity index (χ0) is 54.3. The molecule has 438 valence electrons. The molecule has 6 heteroatoms. The number of hydrogen-bond donors (Lipinski definition) is 0. The van der Waals surface area contributed by atoms with Crippen LogP contribution in [0.15, 0.2) is 48.6 Å². The molecule has 1 unspecified atom stereocenters. The quantitative estimate of drug-likeness (QED) is 0.0261. The number of ether oxygens (including phenoxy) is 3. The number of hydrogen-bond acceptors (Lipinski definition) is 6. The van der Waals surface area contributed by atoms with E-state index in [2.05, 4.69) is 69.4 Å². The summed E-state index contributed by atoms with van der Waals surface area (Å²) in [6.45, 7) is 6.64.